The minimum absolute atomic E-state index is 0. The van der Waals surface area contributed by atoms with Crippen LogP contribution in [0.1, 0.15) is 22.5 Å². The van der Waals surface area contributed by atoms with Crippen molar-refractivity contribution in [2.24, 2.45) is 4.99 Å². The first-order chi connectivity index (χ1) is 11.6. The van der Waals surface area contributed by atoms with Crippen molar-refractivity contribution in [3.8, 4) is 0 Å². The summed E-state index contributed by atoms with van der Waals surface area (Å²) in [5.74, 6) is 1.18. The lowest BCUT2D eigenvalue weighted by molar-refractivity contribution is -0.120. The van der Waals surface area contributed by atoms with E-state index >= 15 is 0 Å². The number of aryl methyl sites for hydroxylation is 2. The van der Waals surface area contributed by atoms with Crippen LogP contribution in [0.2, 0.25) is 0 Å². The van der Waals surface area contributed by atoms with Crippen molar-refractivity contribution in [3.63, 3.8) is 0 Å². The molecule has 2 rings (SSSR count). The molecule has 0 bridgehead atoms. The zero-order valence-electron chi connectivity index (χ0n) is 14.8. The number of hydrogen-bond acceptors (Lipinski definition) is 3. The van der Waals surface area contributed by atoms with Crippen molar-refractivity contribution in [2.45, 2.75) is 26.9 Å². The monoisotopic (exact) mass is 456 g/mol. The molecular formula is C18H25IN4O2. The maximum Gasteiger partial charge on any atom is 0.239 e. The number of guanidine groups is 1. The van der Waals surface area contributed by atoms with E-state index in [0.29, 0.717) is 19.0 Å². The van der Waals surface area contributed by atoms with Crippen LogP contribution in [-0.2, 0) is 17.9 Å². The molecule has 7 heteroatoms. The van der Waals surface area contributed by atoms with E-state index < -0.39 is 0 Å². The first kappa shape index (κ1) is 21.0. The number of rotatable bonds is 6. The molecule has 0 aliphatic carbocycles. The molecule has 0 spiro atoms. The van der Waals surface area contributed by atoms with E-state index in [9.17, 15) is 4.79 Å². The van der Waals surface area contributed by atoms with Gasteiger partial charge in [-0.3, -0.25) is 9.79 Å². The zero-order valence-corrected chi connectivity index (χ0v) is 17.1. The topological polar surface area (TPSA) is 78.7 Å². The predicted octanol–water partition coefficient (Wildman–Crippen LogP) is 2.50. The van der Waals surface area contributed by atoms with E-state index in [4.69, 9.17) is 4.42 Å². The van der Waals surface area contributed by atoms with Gasteiger partial charge >= 0.3 is 0 Å². The van der Waals surface area contributed by atoms with Gasteiger partial charge in [-0.2, -0.15) is 0 Å². The Kier molecular flexibility index (Phi) is 9.04. The summed E-state index contributed by atoms with van der Waals surface area (Å²) in [7, 11) is 1.68. The van der Waals surface area contributed by atoms with Gasteiger partial charge in [0.1, 0.15) is 5.76 Å². The van der Waals surface area contributed by atoms with Crippen molar-refractivity contribution in [1.82, 2.24) is 16.0 Å². The predicted molar refractivity (Wildman–Crippen MR) is 110 cm³/mol. The number of hydrogen-bond donors (Lipinski definition) is 3. The third-order valence-electron chi connectivity index (χ3n) is 3.62. The van der Waals surface area contributed by atoms with Gasteiger partial charge in [0.05, 0.1) is 19.4 Å². The summed E-state index contributed by atoms with van der Waals surface area (Å²) < 4.78 is 5.17. The van der Waals surface area contributed by atoms with Crippen LogP contribution < -0.4 is 16.0 Å². The molecule has 2 aromatic rings. The minimum Gasteiger partial charge on any atom is -0.467 e. The van der Waals surface area contributed by atoms with Gasteiger partial charge in [-0.1, -0.05) is 23.8 Å². The van der Waals surface area contributed by atoms with Gasteiger partial charge in [-0.05, 0) is 37.1 Å². The van der Waals surface area contributed by atoms with Crippen LogP contribution in [0.4, 0.5) is 0 Å². The van der Waals surface area contributed by atoms with Crippen molar-refractivity contribution in [2.75, 3.05) is 13.6 Å². The molecule has 136 valence electrons. The van der Waals surface area contributed by atoms with E-state index in [1.165, 1.54) is 16.7 Å². The van der Waals surface area contributed by atoms with Crippen LogP contribution in [0.15, 0.2) is 46.0 Å². The number of furan rings is 1. The number of carbonyl (C=O) groups excluding carboxylic acids is 1. The molecule has 0 saturated carbocycles. The lowest BCUT2D eigenvalue weighted by atomic mass is 10.1. The average Bonchev–Trinajstić information content (AvgIpc) is 3.08. The molecule has 3 N–H and O–H groups in total. The highest BCUT2D eigenvalue weighted by atomic mass is 127. The number of carbonyl (C=O) groups is 1. The quantitative estimate of drug-likeness (QED) is 0.355. The summed E-state index contributed by atoms with van der Waals surface area (Å²) in [4.78, 5) is 16.0. The lowest BCUT2D eigenvalue weighted by Crippen LogP contribution is -2.42. The summed E-state index contributed by atoms with van der Waals surface area (Å²) in [5.41, 5.74) is 3.67. The molecule has 1 aromatic carbocycles. The number of nitrogens with one attached hydrogen (secondary N) is 3. The second-order valence-corrected chi connectivity index (χ2v) is 5.57. The molecule has 1 aromatic heterocycles. The molecule has 1 heterocycles. The van der Waals surface area contributed by atoms with E-state index in [2.05, 4.69) is 53.0 Å². The highest BCUT2D eigenvalue weighted by molar-refractivity contribution is 14.0. The Morgan fingerprint density at radius 1 is 1.12 bits per heavy atom. The molecule has 0 fully saturated rings. The van der Waals surface area contributed by atoms with Crippen molar-refractivity contribution >= 4 is 35.8 Å². The second-order valence-electron chi connectivity index (χ2n) is 5.57. The fraction of sp³-hybridized carbons (Fsp3) is 0.333. The molecule has 0 aliphatic rings. The first-order valence-corrected chi connectivity index (χ1v) is 7.88. The van der Waals surface area contributed by atoms with E-state index in [-0.39, 0.29) is 36.4 Å². The summed E-state index contributed by atoms with van der Waals surface area (Å²) in [6.07, 6.45) is 1.58. The van der Waals surface area contributed by atoms with Gasteiger partial charge in [-0.25, -0.2) is 0 Å². The summed E-state index contributed by atoms with van der Waals surface area (Å²) in [6.45, 7) is 5.34. The van der Waals surface area contributed by atoms with Crippen LogP contribution >= 0.6 is 24.0 Å². The molecule has 6 nitrogen and oxygen atoms in total. The fourth-order valence-corrected chi connectivity index (χ4v) is 2.27. The standard InChI is InChI=1S/C18H24N4O2.HI/c1-13-6-7-15(14(2)9-13)10-21-18(19-3)22-12-17(23)20-11-16-5-4-8-24-16;/h4-9H,10-12H2,1-3H3,(H,20,23)(H2,19,21,22);1H. The van der Waals surface area contributed by atoms with Gasteiger partial charge in [0.25, 0.3) is 0 Å². The molecule has 25 heavy (non-hydrogen) atoms. The fourth-order valence-electron chi connectivity index (χ4n) is 2.27. The van der Waals surface area contributed by atoms with Crippen LogP contribution in [0.25, 0.3) is 0 Å². The Balaban J connectivity index is 0.00000312. The first-order valence-electron chi connectivity index (χ1n) is 7.88. The minimum atomic E-state index is -0.124. The normalized spacial score (nSPS) is 10.8. The Morgan fingerprint density at radius 3 is 2.56 bits per heavy atom. The molecule has 0 aliphatic heterocycles. The molecule has 0 unspecified atom stereocenters. The number of nitrogens with zero attached hydrogens (tertiary/aromatic N) is 1. The van der Waals surface area contributed by atoms with Gasteiger partial charge in [0.2, 0.25) is 5.91 Å². The molecule has 0 radical (unpaired) electrons. The van der Waals surface area contributed by atoms with Crippen LogP contribution in [-0.4, -0.2) is 25.5 Å². The van der Waals surface area contributed by atoms with Crippen LogP contribution in [0, 0.1) is 13.8 Å². The maximum absolute atomic E-state index is 11.8. The molecule has 1 amide bonds. The van der Waals surface area contributed by atoms with Gasteiger partial charge in [-0.15, -0.1) is 24.0 Å². The van der Waals surface area contributed by atoms with Gasteiger partial charge in [0.15, 0.2) is 5.96 Å². The summed E-state index contributed by atoms with van der Waals surface area (Å²) in [5, 5.41) is 8.98. The highest BCUT2D eigenvalue weighted by Gasteiger charge is 2.05. The Bertz CT molecular complexity index is 699. The molecular weight excluding hydrogens is 431 g/mol. The van der Waals surface area contributed by atoms with E-state index in [0.717, 1.165) is 5.76 Å². The molecule has 0 atom stereocenters. The Labute approximate surface area is 165 Å². The molecule has 0 saturated heterocycles. The smallest absolute Gasteiger partial charge is 0.239 e. The van der Waals surface area contributed by atoms with E-state index in [1.54, 1.807) is 19.4 Å². The maximum atomic E-state index is 11.8. The Hall–Kier alpha value is -2.03. The van der Waals surface area contributed by atoms with Crippen LogP contribution in [0.3, 0.4) is 0 Å². The summed E-state index contributed by atoms with van der Waals surface area (Å²) >= 11 is 0. The number of aliphatic imine (C=N–C) groups is 1. The highest BCUT2D eigenvalue weighted by Crippen LogP contribution is 2.09. The van der Waals surface area contributed by atoms with E-state index in [1.807, 2.05) is 6.07 Å². The second kappa shape index (κ2) is 10.8. The SMILES string of the molecule is CN=C(NCC(=O)NCc1ccco1)NCc1ccc(C)cc1C.I. The number of benzene rings is 1. The third kappa shape index (κ3) is 7.16. The van der Waals surface area contributed by atoms with Crippen molar-refractivity contribution in [1.29, 1.82) is 0 Å². The number of amides is 1. The van der Waals surface area contributed by atoms with Gasteiger partial charge in [0, 0.05) is 13.6 Å². The zero-order chi connectivity index (χ0) is 17.4. The van der Waals surface area contributed by atoms with Crippen LogP contribution in [0.5, 0.6) is 0 Å². The van der Waals surface area contributed by atoms with Gasteiger partial charge < -0.3 is 20.4 Å². The Morgan fingerprint density at radius 2 is 1.92 bits per heavy atom. The summed E-state index contributed by atoms with van der Waals surface area (Å²) in [6, 6.07) is 9.94. The van der Waals surface area contributed by atoms with Crippen molar-refractivity contribution < 1.29 is 9.21 Å². The average molecular weight is 456 g/mol. The largest absolute Gasteiger partial charge is 0.467 e. The number of halogens is 1. The van der Waals surface area contributed by atoms with Crippen molar-refractivity contribution in [3.05, 3.63) is 59.0 Å². The third-order valence-corrected chi connectivity index (χ3v) is 3.62. The lowest BCUT2D eigenvalue weighted by Gasteiger charge is -2.13.